The molecule has 0 bridgehead atoms. The molecule has 1 aliphatic rings. The fourth-order valence-electron chi connectivity index (χ4n) is 2.71. The van der Waals surface area contributed by atoms with E-state index in [0.717, 1.165) is 25.3 Å². The van der Waals surface area contributed by atoms with Gasteiger partial charge in [0.05, 0.1) is 11.7 Å². The van der Waals surface area contributed by atoms with E-state index in [1.165, 1.54) is 12.1 Å². The van der Waals surface area contributed by atoms with Crippen LogP contribution in [0.4, 0.5) is 19.3 Å². The van der Waals surface area contributed by atoms with Gasteiger partial charge in [-0.3, -0.25) is 0 Å². The molecule has 1 saturated heterocycles. The smallest absolute Gasteiger partial charge is 0.322 e. The van der Waals surface area contributed by atoms with Crippen molar-refractivity contribution in [3.05, 3.63) is 48.1 Å². The Hall–Kier alpha value is -2.44. The normalized spacial score (nSPS) is 18.3. The Morgan fingerprint density at radius 2 is 2.23 bits per heavy atom. The molecule has 1 atom stereocenters. The third kappa shape index (κ3) is 2.79. The number of nitrogens with one attached hydrogen (secondary N) is 2. The zero-order valence-corrected chi connectivity index (χ0v) is 11.9. The fraction of sp³-hybridized carbons (Fsp3) is 0.333. The minimum Gasteiger partial charge on any atom is -0.347 e. The number of hydrogen-bond donors (Lipinski definition) is 2. The van der Waals surface area contributed by atoms with Crippen molar-refractivity contribution in [2.75, 3.05) is 11.9 Å². The van der Waals surface area contributed by atoms with E-state index in [9.17, 15) is 13.6 Å². The second-order valence-corrected chi connectivity index (χ2v) is 5.21. The quantitative estimate of drug-likeness (QED) is 0.892. The number of likely N-dealkylation sites (tertiary alicyclic amines) is 1. The summed E-state index contributed by atoms with van der Waals surface area (Å²) in [6.07, 6.45) is 5.98. The van der Waals surface area contributed by atoms with Crippen LogP contribution in [0.5, 0.6) is 0 Å². The molecule has 1 aromatic heterocycles. The summed E-state index contributed by atoms with van der Waals surface area (Å²) in [5, 5.41) is 2.44. The van der Waals surface area contributed by atoms with Crippen molar-refractivity contribution in [1.82, 2.24) is 14.9 Å². The molecule has 1 fully saturated rings. The molecule has 0 saturated carbocycles. The number of piperidine rings is 1. The lowest BCUT2D eigenvalue weighted by Gasteiger charge is -2.34. The van der Waals surface area contributed by atoms with E-state index in [4.69, 9.17) is 0 Å². The molecule has 3 rings (SSSR count). The van der Waals surface area contributed by atoms with Gasteiger partial charge in [0.2, 0.25) is 0 Å². The maximum Gasteiger partial charge on any atom is 0.322 e. The van der Waals surface area contributed by atoms with Crippen molar-refractivity contribution in [2.45, 2.75) is 25.3 Å². The van der Waals surface area contributed by atoms with Gasteiger partial charge < -0.3 is 15.2 Å². The summed E-state index contributed by atoms with van der Waals surface area (Å²) in [5.74, 6) is -1.34. The largest absolute Gasteiger partial charge is 0.347 e. The van der Waals surface area contributed by atoms with E-state index in [1.807, 2.05) is 0 Å². The molecule has 116 valence electrons. The van der Waals surface area contributed by atoms with E-state index >= 15 is 0 Å². The zero-order chi connectivity index (χ0) is 15.5. The average molecular weight is 306 g/mol. The number of benzene rings is 1. The maximum absolute atomic E-state index is 13.7. The number of nitrogens with zero attached hydrogens (tertiary/aromatic N) is 2. The third-order valence-electron chi connectivity index (χ3n) is 3.79. The van der Waals surface area contributed by atoms with Gasteiger partial charge >= 0.3 is 6.03 Å². The van der Waals surface area contributed by atoms with Crippen LogP contribution >= 0.6 is 0 Å². The first-order valence-corrected chi connectivity index (χ1v) is 7.17. The van der Waals surface area contributed by atoms with Gasteiger partial charge in [-0.1, -0.05) is 6.07 Å². The van der Waals surface area contributed by atoms with Gasteiger partial charge in [-0.05, 0) is 31.4 Å². The summed E-state index contributed by atoms with van der Waals surface area (Å²) < 4.78 is 26.9. The molecule has 7 heteroatoms. The molecule has 0 spiro atoms. The number of aromatic nitrogens is 2. The van der Waals surface area contributed by atoms with Gasteiger partial charge in [0.1, 0.15) is 5.82 Å². The van der Waals surface area contributed by atoms with E-state index in [1.54, 1.807) is 17.3 Å². The number of halogens is 2. The lowest BCUT2D eigenvalue weighted by atomic mass is 10.0. The lowest BCUT2D eigenvalue weighted by Crippen LogP contribution is -2.41. The summed E-state index contributed by atoms with van der Waals surface area (Å²) in [6.45, 7) is 0.550. The number of amides is 2. The van der Waals surface area contributed by atoms with Crippen LogP contribution in [0.25, 0.3) is 0 Å². The highest BCUT2D eigenvalue weighted by Crippen LogP contribution is 2.29. The molecule has 0 aliphatic carbocycles. The molecule has 2 aromatic rings. The van der Waals surface area contributed by atoms with Crippen LogP contribution < -0.4 is 5.32 Å². The predicted molar refractivity (Wildman–Crippen MR) is 77.3 cm³/mol. The molecule has 22 heavy (non-hydrogen) atoms. The summed E-state index contributed by atoms with van der Waals surface area (Å²) >= 11 is 0. The Morgan fingerprint density at radius 1 is 1.36 bits per heavy atom. The van der Waals surface area contributed by atoms with Crippen molar-refractivity contribution in [2.24, 2.45) is 0 Å². The molecular weight excluding hydrogens is 290 g/mol. The maximum atomic E-state index is 13.7. The monoisotopic (exact) mass is 306 g/mol. The highest BCUT2D eigenvalue weighted by molar-refractivity contribution is 5.89. The first-order valence-electron chi connectivity index (χ1n) is 7.17. The predicted octanol–water partition coefficient (Wildman–Crippen LogP) is 3.45. The highest BCUT2D eigenvalue weighted by atomic mass is 19.2. The third-order valence-corrected chi connectivity index (χ3v) is 3.79. The Bertz CT molecular complexity index is 660. The van der Waals surface area contributed by atoms with Gasteiger partial charge in [-0.2, -0.15) is 0 Å². The number of urea groups is 1. The van der Waals surface area contributed by atoms with Crippen molar-refractivity contribution in [3.8, 4) is 0 Å². The number of aromatic amines is 1. The minimum atomic E-state index is -1.05. The van der Waals surface area contributed by atoms with Gasteiger partial charge in [0.25, 0.3) is 0 Å². The molecule has 0 unspecified atom stereocenters. The SMILES string of the molecule is O=C(Nc1cccc(F)c1F)N1CCCC[C@H]1c1ncc[nH]1. The van der Waals surface area contributed by atoms with E-state index in [2.05, 4.69) is 15.3 Å². The molecule has 0 radical (unpaired) electrons. The molecule has 2 amide bonds. The van der Waals surface area contributed by atoms with Crippen LogP contribution in [0.1, 0.15) is 31.1 Å². The second kappa shape index (κ2) is 6.13. The summed E-state index contributed by atoms with van der Waals surface area (Å²) in [4.78, 5) is 21.2. The fourth-order valence-corrected chi connectivity index (χ4v) is 2.71. The number of hydrogen-bond acceptors (Lipinski definition) is 2. The van der Waals surface area contributed by atoms with Crippen molar-refractivity contribution < 1.29 is 13.6 Å². The molecule has 2 heterocycles. The van der Waals surface area contributed by atoms with Crippen LogP contribution in [0.2, 0.25) is 0 Å². The Kier molecular flexibility index (Phi) is 4.04. The van der Waals surface area contributed by atoms with Gasteiger partial charge in [-0.15, -0.1) is 0 Å². The number of carbonyl (C=O) groups excluding carboxylic acids is 1. The summed E-state index contributed by atoms with van der Waals surface area (Å²) in [5.41, 5.74) is -0.159. The molecule has 1 aliphatic heterocycles. The number of carbonyl (C=O) groups is 1. The van der Waals surface area contributed by atoms with Crippen molar-refractivity contribution in [1.29, 1.82) is 0 Å². The topological polar surface area (TPSA) is 61.0 Å². The lowest BCUT2D eigenvalue weighted by molar-refractivity contribution is 0.159. The highest BCUT2D eigenvalue weighted by Gasteiger charge is 2.30. The molecular formula is C15H16F2N4O. The van der Waals surface area contributed by atoms with Crippen LogP contribution in [-0.2, 0) is 0 Å². The average Bonchev–Trinajstić information content (AvgIpc) is 3.06. The van der Waals surface area contributed by atoms with Crippen LogP contribution in [-0.4, -0.2) is 27.4 Å². The Morgan fingerprint density at radius 3 is 3.00 bits per heavy atom. The van der Waals surface area contributed by atoms with Crippen molar-refractivity contribution >= 4 is 11.7 Å². The first-order chi connectivity index (χ1) is 10.7. The van der Waals surface area contributed by atoms with E-state index in [0.29, 0.717) is 12.4 Å². The van der Waals surface area contributed by atoms with E-state index < -0.39 is 17.7 Å². The van der Waals surface area contributed by atoms with Gasteiger partial charge in [0.15, 0.2) is 11.6 Å². The molecule has 2 N–H and O–H groups in total. The Balaban J connectivity index is 1.79. The molecule has 5 nitrogen and oxygen atoms in total. The molecule has 1 aromatic carbocycles. The summed E-state index contributed by atoms with van der Waals surface area (Å²) in [6, 6.07) is 3.07. The van der Waals surface area contributed by atoms with Crippen LogP contribution in [0.3, 0.4) is 0 Å². The minimum absolute atomic E-state index is 0.159. The van der Waals surface area contributed by atoms with Gasteiger partial charge in [-0.25, -0.2) is 18.6 Å². The van der Waals surface area contributed by atoms with Crippen LogP contribution in [0, 0.1) is 11.6 Å². The second-order valence-electron chi connectivity index (χ2n) is 5.21. The zero-order valence-electron chi connectivity index (χ0n) is 11.9. The number of imidazole rings is 1. The standard InChI is InChI=1S/C15H16F2N4O/c16-10-4-3-5-11(13(10)17)20-15(22)21-9-2-1-6-12(21)14-18-7-8-19-14/h3-5,7-8,12H,1-2,6,9H2,(H,18,19)(H,20,22)/t12-/m0/s1. The Labute approximate surface area is 126 Å². The van der Waals surface area contributed by atoms with Crippen molar-refractivity contribution in [3.63, 3.8) is 0 Å². The number of rotatable bonds is 2. The number of anilines is 1. The van der Waals surface area contributed by atoms with Crippen LogP contribution in [0.15, 0.2) is 30.6 Å². The first kappa shape index (κ1) is 14.5. The van der Waals surface area contributed by atoms with E-state index in [-0.39, 0.29) is 11.7 Å². The van der Waals surface area contributed by atoms with Gasteiger partial charge in [0, 0.05) is 18.9 Å². The summed E-state index contributed by atoms with van der Waals surface area (Å²) in [7, 11) is 0. The number of H-pyrrole nitrogens is 1.